The van der Waals surface area contributed by atoms with E-state index in [2.05, 4.69) is 25.1 Å². The minimum atomic E-state index is 0.317. The molecule has 0 atom stereocenters. The van der Waals surface area contributed by atoms with Crippen LogP contribution < -0.4 is 10.5 Å². The van der Waals surface area contributed by atoms with E-state index in [4.69, 9.17) is 15.0 Å². The van der Waals surface area contributed by atoms with Crippen molar-refractivity contribution in [2.24, 2.45) is 0 Å². The quantitative estimate of drug-likeness (QED) is 0.754. The number of hydrogen-bond donors (Lipinski definition) is 1. The fourth-order valence-electron chi connectivity index (χ4n) is 1.59. The molecule has 0 bridgehead atoms. The zero-order valence-corrected chi connectivity index (χ0v) is 10.5. The first kappa shape index (κ1) is 12.0. The zero-order valence-electron chi connectivity index (χ0n) is 10.5. The van der Waals surface area contributed by atoms with Crippen LogP contribution in [0.3, 0.4) is 0 Å². The van der Waals surface area contributed by atoms with Crippen LogP contribution in [0.15, 0.2) is 35.4 Å². The number of hydrogen-bond acceptors (Lipinski definition) is 8. The van der Waals surface area contributed by atoms with Gasteiger partial charge in [-0.25, -0.2) is 9.97 Å². The second-order valence-electron chi connectivity index (χ2n) is 3.88. The van der Waals surface area contributed by atoms with Gasteiger partial charge in [-0.05, 0) is 6.07 Å². The number of nitrogen functional groups attached to an aromatic ring is 1. The molecule has 0 aliphatic rings. The first-order valence-electron chi connectivity index (χ1n) is 5.67. The smallest absolute Gasteiger partial charge is 0.259 e. The fraction of sp³-hybridized carbons (Fsp3) is 0.0833. The summed E-state index contributed by atoms with van der Waals surface area (Å²) in [7, 11) is 1.52. The van der Waals surface area contributed by atoms with Crippen LogP contribution in [0.25, 0.3) is 23.0 Å². The van der Waals surface area contributed by atoms with E-state index in [-0.39, 0.29) is 0 Å². The van der Waals surface area contributed by atoms with Gasteiger partial charge in [-0.3, -0.25) is 4.98 Å². The Morgan fingerprint density at radius 2 is 2.10 bits per heavy atom. The summed E-state index contributed by atoms with van der Waals surface area (Å²) < 4.78 is 10.2. The van der Waals surface area contributed by atoms with Gasteiger partial charge >= 0.3 is 0 Å². The SMILES string of the molecule is COc1cc(-c2noc(-c3cncc(N)c3)n2)ncn1. The van der Waals surface area contributed by atoms with Gasteiger partial charge in [0.2, 0.25) is 11.7 Å². The first-order valence-corrected chi connectivity index (χ1v) is 5.67. The van der Waals surface area contributed by atoms with Gasteiger partial charge in [-0.2, -0.15) is 4.98 Å². The fourth-order valence-corrected chi connectivity index (χ4v) is 1.59. The molecule has 8 heteroatoms. The Balaban J connectivity index is 1.97. The lowest BCUT2D eigenvalue weighted by Crippen LogP contribution is -1.92. The van der Waals surface area contributed by atoms with Crippen molar-refractivity contribution in [3.05, 3.63) is 30.9 Å². The summed E-state index contributed by atoms with van der Waals surface area (Å²) in [5, 5.41) is 3.87. The van der Waals surface area contributed by atoms with E-state index in [0.717, 1.165) is 0 Å². The first-order chi connectivity index (χ1) is 9.76. The Bertz CT molecular complexity index is 742. The molecule has 0 saturated carbocycles. The van der Waals surface area contributed by atoms with Crippen molar-refractivity contribution >= 4 is 5.69 Å². The summed E-state index contributed by atoms with van der Waals surface area (Å²) in [6, 6.07) is 3.32. The maximum absolute atomic E-state index is 5.66. The van der Waals surface area contributed by atoms with Crippen molar-refractivity contribution in [2.45, 2.75) is 0 Å². The van der Waals surface area contributed by atoms with Gasteiger partial charge in [-0.15, -0.1) is 0 Å². The lowest BCUT2D eigenvalue weighted by molar-refractivity contribution is 0.397. The van der Waals surface area contributed by atoms with Crippen LogP contribution >= 0.6 is 0 Å². The van der Waals surface area contributed by atoms with Crippen LogP contribution in [-0.2, 0) is 0 Å². The second kappa shape index (κ2) is 4.92. The molecule has 8 nitrogen and oxygen atoms in total. The maximum atomic E-state index is 5.66. The van der Waals surface area contributed by atoms with E-state index in [0.29, 0.717) is 34.5 Å². The molecule has 0 aliphatic heterocycles. The van der Waals surface area contributed by atoms with E-state index in [1.54, 1.807) is 18.3 Å². The third-order valence-electron chi connectivity index (χ3n) is 2.51. The molecule has 3 aromatic rings. The highest BCUT2D eigenvalue weighted by Crippen LogP contribution is 2.22. The van der Waals surface area contributed by atoms with Gasteiger partial charge in [-0.1, -0.05) is 5.16 Å². The van der Waals surface area contributed by atoms with E-state index in [1.807, 2.05) is 0 Å². The number of nitrogens with two attached hydrogens (primary N) is 1. The van der Waals surface area contributed by atoms with Gasteiger partial charge in [0.25, 0.3) is 5.89 Å². The van der Waals surface area contributed by atoms with Crippen LogP contribution in [0.5, 0.6) is 5.88 Å². The number of anilines is 1. The number of rotatable bonds is 3. The highest BCUT2D eigenvalue weighted by atomic mass is 16.5. The molecular weight excluding hydrogens is 260 g/mol. The van der Waals surface area contributed by atoms with Crippen LogP contribution in [0.1, 0.15) is 0 Å². The van der Waals surface area contributed by atoms with E-state index >= 15 is 0 Å². The summed E-state index contributed by atoms with van der Waals surface area (Å²) in [5.74, 6) is 1.08. The normalized spacial score (nSPS) is 10.4. The molecule has 0 unspecified atom stereocenters. The van der Waals surface area contributed by atoms with Gasteiger partial charge in [0.1, 0.15) is 12.0 Å². The molecule has 20 heavy (non-hydrogen) atoms. The minimum Gasteiger partial charge on any atom is -0.481 e. The van der Waals surface area contributed by atoms with Gasteiger partial charge in [0.15, 0.2) is 0 Å². The van der Waals surface area contributed by atoms with Gasteiger partial charge < -0.3 is 15.0 Å². The molecule has 100 valence electrons. The average molecular weight is 270 g/mol. The Morgan fingerprint density at radius 3 is 2.90 bits per heavy atom. The predicted molar refractivity (Wildman–Crippen MR) is 69.5 cm³/mol. The number of nitrogens with zero attached hydrogens (tertiary/aromatic N) is 5. The van der Waals surface area contributed by atoms with Crippen molar-refractivity contribution in [3.63, 3.8) is 0 Å². The molecule has 0 amide bonds. The summed E-state index contributed by atoms with van der Waals surface area (Å²) >= 11 is 0. The monoisotopic (exact) mass is 270 g/mol. The lowest BCUT2D eigenvalue weighted by atomic mass is 10.2. The standard InChI is InChI=1S/C12H10N6O2/c1-19-10-3-9(15-6-16-10)11-17-12(20-18-11)7-2-8(13)5-14-4-7/h2-6H,13H2,1H3. The molecule has 0 spiro atoms. The molecule has 0 radical (unpaired) electrons. The Labute approximate surface area is 113 Å². The molecule has 0 fully saturated rings. The molecular formula is C12H10N6O2. The van der Waals surface area contributed by atoms with Crippen molar-refractivity contribution < 1.29 is 9.26 Å². The van der Waals surface area contributed by atoms with E-state index in [9.17, 15) is 0 Å². The number of pyridine rings is 1. The van der Waals surface area contributed by atoms with Gasteiger partial charge in [0, 0.05) is 18.5 Å². The topological polar surface area (TPSA) is 113 Å². The second-order valence-corrected chi connectivity index (χ2v) is 3.88. The van der Waals surface area contributed by atoms with Crippen molar-refractivity contribution in [3.8, 4) is 28.9 Å². The molecule has 2 N–H and O–H groups in total. The maximum Gasteiger partial charge on any atom is 0.259 e. The van der Waals surface area contributed by atoms with Crippen molar-refractivity contribution in [1.29, 1.82) is 0 Å². The van der Waals surface area contributed by atoms with Crippen molar-refractivity contribution in [2.75, 3.05) is 12.8 Å². The molecule has 3 aromatic heterocycles. The summed E-state index contributed by atoms with van der Waals surface area (Å²) in [5.41, 5.74) is 7.33. The molecule has 0 aromatic carbocycles. The van der Waals surface area contributed by atoms with Crippen LogP contribution in [0.2, 0.25) is 0 Å². The Kier molecular flexibility index (Phi) is 2.96. The zero-order chi connectivity index (χ0) is 13.9. The Morgan fingerprint density at radius 1 is 1.20 bits per heavy atom. The molecule has 3 heterocycles. The van der Waals surface area contributed by atoms with Crippen LogP contribution in [0, 0.1) is 0 Å². The predicted octanol–water partition coefficient (Wildman–Crippen LogP) is 1.18. The molecule has 3 rings (SSSR count). The summed E-state index contributed by atoms with van der Waals surface area (Å²) in [6.07, 6.45) is 4.50. The van der Waals surface area contributed by atoms with Crippen LogP contribution in [-0.4, -0.2) is 32.2 Å². The van der Waals surface area contributed by atoms with Gasteiger partial charge in [0.05, 0.1) is 18.4 Å². The highest BCUT2D eigenvalue weighted by Gasteiger charge is 2.13. The summed E-state index contributed by atoms with van der Waals surface area (Å²) in [4.78, 5) is 16.2. The number of methoxy groups -OCH3 is 1. The Hall–Kier alpha value is -3.03. The summed E-state index contributed by atoms with van der Waals surface area (Å²) in [6.45, 7) is 0. The largest absolute Gasteiger partial charge is 0.481 e. The lowest BCUT2D eigenvalue weighted by Gasteiger charge is -1.97. The highest BCUT2D eigenvalue weighted by molar-refractivity contribution is 5.60. The number of ether oxygens (including phenoxy) is 1. The third kappa shape index (κ3) is 2.26. The molecule has 0 aliphatic carbocycles. The average Bonchev–Trinajstić information content (AvgIpc) is 2.97. The van der Waals surface area contributed by atoms with E-state index < -0.39 is 0 Å². The third-order valence-corrected chi connectivity index (χ3v) is 2.51. The number of aromatic nitrogens is 5. The minimum absolute atomic E-state index is 0.317. The molecule has 0 saturated heterocycles. The van der Waals surface area contributed by atoms with Crippen molar-refractivity contribution in [1.82, 2.24) is 25.1 Å². The van der Waals surface area contributed by atoms with E-state index in [1.165, 1.54) is 19.6 Å². The van der Waals surface area contributed by atoms with Crippen LogP contribution in [0.4, 0.5) is 5.69 Å².